The number of rotatable bonds is 3. The van der Waals surface area contributed by atoms with Gasteiger partial charge in [-0.3, -0.25) is 10.1 Å². The Morgan fingerprint density at radius 2 is 2.10 bits per heavy atom. The van der Waals surface area contributed by atoms with Gasteiger partial charge in [0.25, 0.3) is 5.69 Å². The third-order valence-electron chi connectivity index (χ3n) is 4.86. The van der Waals surface area contributed by atoms with E-state index < -0.39 is 0 Å². The number of hydrogen-bond acceptors (Lipinski definition) is 3. The minimum atomic E-state index is -0.368. The lowest BCUT2D eigenvalue weighted by Crippen LogP contribution is -2.55. The fourth-order valence-corrected chi connectivity index (χ4v) is 4.66. The maximum atomic E-state index is 10.8. The first kappa shape index (κ1) is 13.9. The second kappa shape index (κ2) is 5.02. The normalized spacial score (nSPS) is 27.3. The van der Waals surface area contributed by atoms with E-state index in [9.17, 15) is 10.1 Å². The third kappa shape index (κ3) is 2.12. The molecule has 0 amide bonds. The topological polar surface area (TPSA) is 52.4 Å². The zero-order valence-electron chi connectivity index (χ0n) is 11.5. The molecule has 2 aliphatic rings. The lowest BCUT2D eigenvalue weighted by atomic mass is 9.64. The summed E-state index contributed by atoms with van der Waals surface area (Å²) in [6.07, 6.45) is 6.27. The summed E-state index contributed by atoms with van der Waals surface area (Å²) in [5, 5.41) is 10.8. The Hall–Kier alpha value is -1.10. The molecule has 0 saturated heterocycles. The number of non-ortho nitro benzene ring substituents is 1. The third-order valence-corrected chi connectivity index (χ3v) is 6.14. The van der Waals surface area contributed by atoms with Crippen LogP contribution < -0.4 is 4.74 Å². The van der Waals surface area contributed by atoms with Gasteiger partial charge in [-0.2, -0.15) is 0 Å². The van der Waals surface area contributed by atoms with E-state index >= 15 is 0 Å². The molecule has 20 heavy (non-hydrogen) atoms. The van der Waals surface area contributed by atoms with Crippen LogP contribution in [0.4, 0.5) is 5.69 Å². The lowest BCUT2D eigenvalue weighted by molar-refractivity contribution is -0.384. The molecule has 2 aliphatic carbocycles. The summed E-state index contributed by atoms with van der Waals surface area (Å²) in [7, 11) is 0. The van der Waals surface area contributed by atoms with Gasteiger partial charge in [0.15, 0.2) is 0 Å². The van der Waals surface area contributed by atoms with E-state index in [2.05, 4.69) is 15.9 Å². The number of benzene rings is 1. The number of aryl methyl sites for hydroxylation is 1. The summed E-state index contributed by atoms with van der Waals surface area (Å²) < 4.78 is 6.17. The monoisotopic (exact) mass is 339 g/mol. The lowest BCUT2D eigenvalue weighted by Gasteiger charge is -2.51. The van der Waals surface area contributed by atoms with Gasteiger partial charge in [-0.25, -0.2) is 0 Å². The summed E-state index contributed by atoms with van der Waals surface area (Å²) in [4.78, 5) is 10.9. The van der Waals surface area contributed by atoms with E-state index in [-0.39, 0.29) is 22.1 Å². The highest BCUT2D eigenvalue weighted by molar-refractivity contribution is 9.09. The number of alkyl halides is 1. The molecule has 2 fully saturated rings. The molecule has 5 heteroatoms. The Balaban J connectivity index is 1.77. The van der Waals surface area contributed by atoms with Crippen LogP contribution in [-0.4, -0.2) is 15.9 Å². The maximum Gasteiger partial charge on any atom is 0.269 e. The van der Waals surface area contributed by atoms with Gasteiger partial charge in [0.1, 0.15) is 11.9 Å². The van der Waals surface area contributed by atoms with Crippen LogP contribution in [-0.2, 0) is 0 Å². The molecule has 1 aromatic rings. The number of nitro groups is 1. The zero-order chi connectivity index (χ0) is 14.3. The van der Waals surface area contributed by atoms with Crippen molar-refractivity contribution >= 4 is 21.6 Å². The van der Waals surface area contributed by atoms with Gasteiger partial charge in [0.05, 0.1) is 4.92 Å². The standard InChI is InChI=1S/C15H18BrNO3/c1-10-8-11(17(18)19)4-5-12(10)20-14-9-13(16)15(14)6-2-3-7-15/h4-5,8,13-14H,2-3,6-7,9H2,1H3. The Morgan fingerprint density at radius 1 is 1.40 bits per heavy atom. The Morgan fingerprint density at radius 3 is 2.65 bits per heavy atom. The fourth-order valence-electron chi connectivity index (χ4n) is 3.57. The molecular weight excluding hydrogens is 322 g/mol. The highest BCUT2D eigenvalue weighted by Crippen LogP contribution is 2.57. The van der Waals surface area contributed by atoms with Crippen LogP contribution in [0.1, 0.15) is 37.7 Å². The molecule has 2 atom stereocenters. The average Bonchev–Trinajstić information content (AvgIpc) is 2.92. The Bertz CT molecular complexity index is 540. The van der Waals surface area contributed by atoms with Crippen molar-refractivity contribution < 1.29 is 9.66 Å². The van der Waals surface area contributed by atoms with E-state index in [1.807, 2.05) is 6.92 Å². The zero-order valence-corrected chi connectivity index (χ0v) is 13.1. The van der Waals surface area contributed by atoms with E-state index in [4.69, 9.17) is 4.74 Å². The first-order chi connectivity index (χ1) is 9.53. The van der Waals surface area contributed by atoms with Crippen molar-refractivity contribution in [1.82, 2.24) is 0 Å². The molecular formula is C15H18BrNO3. The van der Waals surface area contributed by atoms with Crippen LogP contribution >= 0.6 is 15.9 Å². The Kier molecular flexibility index (Phi) is 3.48. The fraction of sp³-hybridized carbons (Fsp3) is 0.600. The molecule has 2 saturated carbocycles. The largest absolute Gasteiger partial charge is 0.489 e. The van der Waals surface area contributed by atoms with Crippen molar-refractivity contribution in [3.63, 3.8) is 0 Å². The molecule has 0 aromatic heterocycles. The second-order valence-corrected chi connectivity index (χ2v) is 7.06. The molecule has 0 N–H and O–H groups in total. The highest BCUT2D eigenvalue weighted by Gasteiger charge is 2.56. The number of nitrogens with zero attached hydrogens (tertiary/aromatic N) is 1. The molecule has 3 rings (SSSR count). The Labute approximate surface area is 126 Å². The van der Waals surface area contributed by atoms with Crippen molar-refractivity contribution in [2.45, 2.75) is 50.0 Å². The van der Waals surface area contributed by atoms with Gasteiger partial charge in [0.2, 0.25) is 0 Å². The molecule has 0 bridgehead atoms. The van der Waals surface area contributed by atoms with Crippen LogP contribution in [0.15, 0.2) is 18.2 Å². The predicted octanol–water partition coefficient (Wildman–Crippen LogP) is 4.38. The molecule has 0 heterocycles. The number of nitro benzene ring substituents is 1. The molecule has 2 unspecified atom stereocenters. The second-order valence-electron chi connectivity index (χ2n) is 5.96. The van der Waals surface area contributed by atoms with Crippen molar-refractivity contribution in [1.29, 1.82) is 0 Å². The van der Waals surface area contributed by atoms with Crippen LogP contribution in [0.25, 0.3) is 0 Å². The average molecular weight is 340 g/mol. The number of halogens is 1. The van der Waals surface area contributed by atoms with Crippen LogP contribution in [0.5, 0.6) is 5.75 Å². The van der Waals surface area contributed by atoms with Crippen molar-refractivity contribution in [2.75, 3.05) is 0 Å². The minimum Gasteiger partial charge on any atom is -0.489 e. The first-order valence-corrected chi connectivity index (χ1v) is 8.00. The van der Waals surface area contributed by atoms with E-state index in [1.54, 1.807) is 12.1 Å². The number of ether oxygens (including phenoxy) is 1. The van der Waals surface area contributed by atoms with Gasteiger partial charge in [-0.05, 0) is 37.8 Å². The molecule has 0 aliphatic heterocycles. The maximum absolute atomic E-state index is 10.8. The van der Waals surface area contributed by atoms with Gasteiger partial charge >= 0.3 is 0 Å². The van der Waals surface area contributed by atoms with Gasteiger partial charge < -0.3 is 4.74 Å². The molecule has 4 nitrogen and oxygen atoms in total. The molecule has 1 spiro atoms. The van der Waals surface area contributed by atoms with Crippen LogP contribution in [0.2, 0.25) is 0 Å². The summed E-state index contributed by atoms with van der Waals surface area (Å²) in [5.74, 6) is 0.784. The number of hydrogen-bond donors (Lipinski definition) is 0. The van der Waals surface area contributed by atoms with Crippen LogP contribution in [0.3, 0.4) is 0 Å². The van der Waals surface area contributed by atoms with E-state index in [0.717, 1.165) is 17.7 Å². The first-order valence-electron chi connectivity index (χ1n) is 7.09. The van der Waals surface area contributed by atoms with Crippen LogP contribution in [0, 0.1) is 22.5 Å². The molecule has 1 aromatic carbocycles. The van der Waals surface area contributed by atoms with Gasteiger partial charge in [-0.15, -0.1) is 0 Å². The molecule has 108 valence electrons. The SMILES string of the molecule is Cc1cc([N+](=O)[O-])ccc1OC1CC(Br)C12CCCC2. The van der Waals surface area contributed by atoms with Crippen molar-refractivity contribution in [3.8, 4) is 5.75 Å². The quantitative estimate of drug-likeness (QED) is 0.466. The minimum absolute atomic E-state index is 0.123. The van der Waals surface area contributed by atoms with Crippen molar-refractivity contribution in [2.24, 2.45) is 5.41 Å². The van der Waals surface area contributed by atoms with E-state index in [0.29, 0.717) is 4.83 Å². The van der Waals surface area contributed by atoms with E-state index in [1.165, 1.54) is 31.7 Å². The highest BCUT2D eigenvalue weighted by atomic mass is 79.9. The summed E-state index contributed by atoms with van der Waals surface area (Å²) in [6.45, 7) is 1.87. The van der Waals surface area contributed by atoms with Gasteiger partial charge in [0, 0.05) is 22.4 Å². The summed E-state index contributed by atoms with van der Waals surface area (Å²) >= 11 is 3.78. The summed E-state index contributed by atoms with van der Waals surface area (Å²) in [5.41, 5.74) is 1.25. The van der Waals surface area contributed by atoms with Crippen molar-refractivity contribution in [3.05, 3.63) is 33.9 Å². The van der Waals surface area contributed by atoms with Gasteiger partial charge in [-0.1, -0.05) is 28.8 Å². The summed E-state index contributed by atoms with van der Waals surface area (Å²) in [6, 6.07) is 4.84. The predicted molar refractivity (Wildman–Crippen MR) is 80.5 cm³/mol. The smallest absolute Gasteiger partial charge is 0.269 e. The molecule has 0 radical (unpaired) electrons.